The standard InChI is InChI=1S/C41H43N3O6S/c1-30(2)42-41(46)39(27-32-12-7-5-8-13-32)43(28-33-14-11-17-37(26-33)49-4)40(45)29-44(51(47,48)38-24-18-31(3)19-25-38)34-20-22-36(23-21-34)50-35-15-9-6-10-16-35/h5-26,30,39H,27-29H2,1-4H3,(H,42,46)/t39-/m0/s1. The van der Waals surface area contributed by atoms with Crippen LogP contribution in [0.3, 0.4) is 0 Å². The van der Waals surface area contributed by atoms with Crippen LogP contribution in [-0.2, 0) is 32.6 Å². The number of carbonyl (C=O) groups is 2. The van der Waals surface area contributed by atoms with E-state index in [0.717, 1.165) is 15.4 Å². The summed E-state index contributed by atoms with van der Waals surface area (Å²) < 4.78 is 41.3. The maximum atomic E-state index is 14.7. The third-order valence-electron chi connectivity index (χ3n) is 8.18. The van der Waals surface area contributed by atoms with Gasteiger partial charge in [-0.05, 0) is 92.6 Å². The minimum Gasteiger partial charge on any atom is -0.497 e. The fraction of sp³-hybridized carbons (Fsp3) is 0.220. The molecule has 0 unspecified atom stereocenters. The fourth-order valence-electron chi connectivity index (χ4n) is 5.57. The van der Waals surface area contributed by atoms with E-state index in [1.165, 1.54) is 17.0 Å². The van der Waals surface area contributed by atoms with E-state index in [2.05, 4.69) is 5.32 Å². The van der Waals surface area contributed by atoms with Crippen molar-refractivity contribution in [2.45, 2.75) is 50.7 Å². The van der Waals surface area contributed by atoms with Crippen molar-refractivity contribution < 1.29 is 27.5 Å². The lowest BCUT2D eigenvalue weighted by molar-refractivity contribution is -0.140. The van der Waals surface area contributed by atoms with Gasteiger partial charge in [0, 0.05) is 19.0 Å². The van der Waals surface area contributed by atoms with E-state index in [4.69, 9.17) is 9.47 Å². The first kappa shape index (κ1) is 36.7. The summed E-state index contributed by atoms with van der Waals surface area (Å²) >= 11 is 0. The van der Waals surface area contributed by atoms with Crippen molar-refractivity contribution in [2.75, 3.05) is 18.0 Å². The molecule has 5 rings (SSSR count). The summed E-state index contributed by atoms with van der Waals surface area (Å²) in [5.74, 6) is 0.810. The molecule has 264 valence electrons. The first-order chi connectivity index (χ1) is 24.5. The summed E-state index contributed by atoms with van der Waals surface area (Å²) in [7, 11) is -2.70. The lowest BCUT2D eigenvalue weighted by Crippen LogP contribution is -2.54. The molecule has 0 aliphatic rings. The van der Waals surface area contributed by atoms with Gasteiger partial charge < -0.3 is 19.7 Å². The number of benzene rings is 5. The molecular formula is C41H43N3O6S. The Morgan fingerprint density at radius 1 is 0.725 bits per heavy atom. The van der Waals surface area contributed by atoms with E-state index in [1.807, 2.05) is 93.6 Å². The zero-order valence-corrected chi connectivity index (χ0v) is 30.0. The number of methoxy groups -OCH3 is 1. The average molecular weight is 706 g/mol. The molecule has 1 atom stereocenters. The van der Waals surface area contributed by atoms with Crippen molar-refractivity contribution in [1.82, 2.24) is 10.2 Å². The molecule has 0 saturated carbocycles. The highest BCUT2D eigenvalue weighted by Crippen LogP contribution is 2.29. The lowest BCUT2D eigenvalue weighted by atomic mass is 10.0. The van der Waals surface area contributed by atoms with Crippen LogP contribution in [0.4, 0.5) is 5.69 Å². The molecule has 0 bridgehead atoms. The van der Waals surface area contributed by atoms with Crippen molar-refractivity contribution in [3.05, 3.63) is 150 Å². The number of rotatable bonds is 15. The number of aryl methyl sites for hydroxylation is 1. The molecule has 0 radical (unpaired) electrons. The van der Waals surface area contributed by atoms with Gasteiger partial charge in [-0.1, -0.05) is 78.4 Å². The maximum absolute atomic E-state index is 14.7. The minimum atomic E-state index is -4.25. The molecule has 1 N–H and O–H groups in total. The summed E-state index contributed by atoms with van der Waals surface area (Å²) in [5, 5.41) is 2.98. The molecule has 51 heavy (non-hydrogen) atoms. The molecule has 0 heterocycles. The van der Waals surface area contributed by atoms with Crippen LogP contribution < -0.4 is 19.1 Å². The second kappa shape index (κ2) is 16.9. The Morgan fingerprint density at radius 3 is 1.94 bits per heavy atom. The highest BCUT2D eigenvalue weighted by Gasteiger charge is 2.35. The predicted molar refractivity (Wildman–Crippen MR) is 199 cm³/mol. The van der Waals surface area contributed by atoms with Crippen molar-refractivity contribution in [1.29, 1.82) is 0 Å². The first-order valence-corrected chi connectivity index (χ1v) is 18.2. The molecular weight excluding hydrogens is 663 g/mol. The second-order valence-corrected chi connectivity index (χ2v) is 14.3. The number of nitrogens with zero attached hydrogens (tertiary/aromatic N) is 2. The smallest absolute Gasteiger partial charge is 0.264 e. The van der Waals surface area contributed by atoms with Crippen molar-refractivity contribution in [2.24, 2.45) is 0 Å². The van der Waals surface area contributed by atoms with Gasteiger partial charge in [-0.2, -0.15) is 0 Å². The normalized spacial score (nSPS) is 11.8. The van der Waals surface area contributed by atoms with Gasteiger partial charge in [-0.3, -0.25) is 13.9 Å². The molecule has 9 nitrogen and oxygen atoms in total. The van der Waals surface area contributed by atoms with Crippen molar-refractivity contribution in [3.63, 3.8) is 0 Å². The second-order valence-electron chi connectivity index (χ2n) is 12.5. The van der Waals surface area contributed by atoms with Gasteiger partial charge in [0.1, 0.15) is 29.8 Å². The Balaban J connectivity index is 1.57. The Bertz CT molecular complexity index is 2000. The molecule has 0 saturated heterocycles. The first-order valence-electron chi connectivity index (χ1n) is 16.7. The quantitative estimate of drug-likeness (QED) is 0.124. The predicted octanol–water partition coefficient (Wildman–Crippen LogP) is 7.16. The lowest BCUT2D eigenvalue weighted by Gasteiger charge is -2.34. The molecule has 5 aromatic carbocycles. The van der Waals surface area contributed by atoms with Crippen molar-refractivity contribution >= 4 is 27.5 Å². The number of hydrogen-bond donors (Lipinski definition) is 1. The number of hydrogen-bond acceptors (Lipinski definition) is 6. The summed E-state index contributed by atoms with van der Waals surface area (Å²) in [4.78, 5) is 30.2. The van der Waals surface area contributed by atoms with Crippen molar-refractivity contribution in [3.8, 4) is 17.2 Å². The van der Waals surface area contributed by atoms with Crippen LogP contribution in [0.1, 0.15) is 30.5 Å². The number of ether oxygens (including phenoxy) is 2. The SMILES string of the molecule is COc1cccc(CN(C(=O)CN(c2ccc(Oc3ccccc3)cc2)S(=O)(=O)c2ccc(C)cc2)[C@@H](Cc2ccccc2)C(=O)NC(C)C)c1. The van der Waals surface area contributed by atoms with Crippen LogP contribution in [-0.4, -0.2) is 50.9 Å². The molecule has 0 spiro atoms. The van der Waals surface area contributed by atoms with Crippen LogP contribution >= 0.6 is 0 Å². The van der Waals surface area contributed by atoms with Gasteiger partial charge in [0.05, 0.1) is 17.7 Å². The number of anilines is 1. The van der Waals surface area contributed by atoms with Crippen LogP contribution in [0.25, 0.3) is 0 Å². The van der Waals surface area contributed by atoms with E-state index < -0.39 is 28.5 Å². The molecule has 0 aliphatic heterocycles. The van der Waals surface area contributed by atoms with Gasteiger partial charge in [-0.25, -0.2) is 8.42 Å². The van der Waals surface area contributed by atoms with Gasteiger partial charge in [0.25, 0.3) is 10.0 Å². The monoisotopic (exact) mass is 705 g/mol. The zero-order chi connectivity index (χ0) is 36.4. The summed E-state index contributed by atoms with van der Waals surface area (Å²) in [5.41, 5.74) is 2.72. The third kappa shape index (κ3) is 9.76. The average Bonchev–Trinajstić information content (AvgIpc) is 3.13. The number of nitrogens with one attached hydrogen (secondary N) is 1. The fourth-order valence-corrected chi connectivity index (χ4v) is 6.99. The van der Waals surface area contributed by atoms with Crippen LogP contribution in [0.5, 0.6) is 17.2 Å². The highest BCUT2D eigenvalue weighted by molar-refractivity contribution is 7.92. The van der Waals surface area contributed by atoms with Gasteiger partial charge in [-0.15, -0.1) is 0 Å². The van der Waals surface area contributed by atoms with Crippen LogP contribution in [0.15, 0.2) is 138 Å². The topological polar surface area (TPSA) is 105 Å². The summed E-state index contributed by atoms with van der Waals surface area (Å²) in [6.07, 6.45) is 0.214. The Morgan fingerprint density at radius 2 is 1.31 bits per heavy atom. The summed E-state index contributed by atoms with van der Waals surface area (Å²) in [6.45, 7) is 5.04. The Labute approximate surface area is 300 Å². The minimum absolute atomic E-state index is 0.0291. The largest absolute Gasteiger partial charge is 0.497 e. The molecule has 0 aromatic heterocycles. The zero-order valence-electron chi connectivity index (χ0n) is 29.2. The Hall–Kier alpha value is -5.61. The van der Waals surface area contributed by atoms with Gasteiger partial charge in [0.2, 0.25) is 11.8 Å². The Kier molecular flexibility index (Phi) is 12.1. The van der Waals surface area contributed by atoms with Crippen LogP contribution in [0, 0.1) is 6.92 Å². The summed E-state index contributed by atoms with van der Waals surface area (Å²) in [6, 6.07) is 37.8. The van der Waals surface area contributed by atoms with E-state index >= 15 is 0 Å². The van der Waals surface area contributed by atoms with Gasteiger partial charge in [0.15, 0.2) is 0 Å². The molecule has 0 aliphatic carbocycles. The number of sulfonamides is 1. The highest BCUT2D eigenvalue weighted by atomic mass is 32.2. The molecule has 10 heteroatoms. The van der Waals surface area contributed by atoms with E-state index in [1.54, 1.807) is 55.6 Å². The molecule has 2 amide bonds. The number of para-hydroxylation sites is 1. The number of amides is 2. The van der Waals surface area contributed by atoms with E-state index in [0.29, 0.717) is 22.8 Å². The van der Waals surface area contributed by atoms with Gasteiger partial charge >= 0.3 is 0 Å². The van der Waals surface area contributed by atoms with E-state index in [-0.39, 0.29) is 35.5 Å². The maximum Gasteiger partial charge on any atom is 0.264 e. The number of carbonyl (C=O) groups excluding carboxylic acids is 2. The van der Waals surface area contributed by atoms with Crippen LogP contribution in [0.2, 0.25) is 0 Å². The molecule has 0 fully saturated rings. The third-order valence-corrected chi connectivity index (χ3v) is 9.97. The molecule has 5 aromatic rings. The van der Waals surface area contributed by atoms with E-state index in [9.17, 15) is 18.0 Å².